The Morgan fingerprint density at radius 1 is 0.262 bits per heavy atom. The van der Waals surface area contributed by atoms with Crippen molar-refractivity contribution in [3.63, 3.8) is 0 Å². The summed E-state index contributed by atoms with van der Waals surface area (Å²) in [6, 6.07) is 65.6. The van der Waals surface area contributed by atoms with E-state index in [1.165, 1.54) is 79.4 Å². The average molecular weight is 1750 g/mol. The predicted octanol–water partition coefficient (Wildman–Crippen LogP) is 28.0. The summed E-state index contributed by atoms with van der Waals surface area (Å²) in [5.74, 6) is -8.34. The summed E-state index contributed by atoms with van der Waals surface area (Å²) in [6.07, 6.45) is -5.61. The first-order valence-corrected chi connectivity index (χ1v) is 36.5. The number of hydrogen-bond donors (Lipinski definition) is 0. The molecular weight excluding hydrogens is 1690 g/mol. The molecule has 16 rings (SSSR count). The van der Waals surface area contributed by atoms with Crippen molar-refractivity contribution in [3.8, 4) is 90.1 Å². The Morgan fingerprint density at radius 2 is 0.627 bits per heavy atom. The molecule has 0 unspecified atom stereocenters. The number of hydrogen-bond acceptors (Lipinski definition) is 9. The van der Waals surface area contributed by atoms with E-state index in [9.17, 15) is 96.6 Å². The third-order valence-corrected chi connectivity index (χ3v) is 16.9. The summed E-state index contributed by atoms with van der Waals surface area (Å²) in [7, 11) is 0. The van der Waals surface area contributed by atoms with Crippen LogP contribution in [0.25, 0.3) is 94.9 Å². The minimum Gasteiger partial charge on any atom is -0.256 e. The molecule has 0 aliphatic heterocycles. The number of alkyl halides is 12. The highest BCUT2D eigenvalue weighted by atomic mass is 19.4. The first-order chi connectivity index (χ1) is 59.9. The lowest BCUT2D eigenvalue weighted by atomic mass is 10.0. The highest BCUT2D eigenvalue weighted by Crippen LogP contribution is 2.38. The van der Waals surface area contributed by atoms with Crippen molar-refractivity contribution in [2.75, 3.05) is 0 Å². The smallest absolute Gasteiger partial charge is 0.256 e. The summed E-state index contributed by atoms with van der Waals surface area (Å²) >= 11 is 0. The number of benzene rings is 7. The molecule has 0 aliphatic carbocycles. The van der Waals surface area contributed by atoms with Crippen molar-refractivity contribution < 1.29 is 96.6 Å². The van der Waals surface area contributed by atoms with E-state index in [1.807, 2.05) is 0 Å². The Balaban J connectivity index is 0.000000163. The molecular formula is C94H60F22N10. The Labute approximate surface area is 704 Å². The summed E-state index contributed by atoms with van der Waals surface area (Å²) < 4.78 is 280. The van der Waals surface area contributed by atoms with E-state index in [4.69, 9.17) is 6.57 Å². The van der Waals surface area contributed by atoms with Gasteiger partial charge in [0.1, 0.15) is 46.5 Å². The van der Waals surface area contributed by atoms with Gasteiger partial charge in [-0.1, -0.05) is 66.7 Å². The van der Waals surface area contributed by atoms with Gasteiger partial charge < -0.3 is 0 Å². The van der Waals surface area contributed by atoms with Gasteiger partial charge in [-0.2, -0.15) is 66.4 Å². The van der Waals surface area contributed by atoms with Crippen molar-refractivity contribution >= 4 is 5.69 Å². The number of aryl methyl sites for hydroxylation is 2. The molecule has 7 aromatic carbocycles. The van der Waals surface area contributed by atoms with Crippen LogP contribution in [0.1, 0.15) is 33.4 Å². The normalized spacial score (nSPS) is 10.8. The lowest BCUT2D eigenvalue weighted by Crippen LogP contribution is -2.07. The molecule has 0 amide bonds. The molecule has 126 heavy (non-hydrogen) atoms. The van der Waals surface area contributed by atoms with Crippen LogP contribution >= 0.6 is 0 Å². The molecule has 0 aliphatic rings. The second-order valence-electron chi connectivity index (χ2n) is 25.8. The van der Waals surface area contributed by atoms with Crippen LogP contribution in [0.3, 0.4) is 0 Å². The van der Waals surface area contributed by atoms with Gasteiger partial charge in [0, 0.05) is 101 Å². The Hall–Kier alpha value is -15.2. The summed E-state index contributed by atoms with van der Waals surface area (Å²) in [5, 5.41) is 0. The van der Waals surface area contributed by atoms with Crippen LogP contribution in [0.4, 0.5) is 102 Å². The number of nitrogens with zero attached hydrogens (tertiary/aromatic N) is 10. The SMILES string of the molecule is Cc1cc(-c2ccccn2)cc(C(F)(F)F)c1.Cc1cc(C(F)(F)F)ccc1-c1ccccn1.Fc1cc(-c2ccccn2)ccc1C(F)(F)F.Fc1cc(-c2ccccn2)ccc1C(F)(F)F.Fc1cc(F)cc(-c2ccccn2)c1.Fc1ccc(-c2ccccn2)c(F)c1.Fc1ccc(-c2ccccn2)c(F)n1.[C-]#[N+]c1c(F)ccc(-c2ccccn2)c1F. The number of pyridine rings is 9. The first-order valence-electron chi connectivity index (χ1n) is 36.5. The maximum Gasteiger partial charge on any atom is 0.419 e. The van der Waals surface area contributed by atoms with Crippen LogP contribution in [0.5, 0.6) is 0 Å². The third kappa shape index (κ3) is 27.9. The van der Waals surface area contributed by atoms with E-state index in [2.05, 4.69) is 49.7 Å². The van der Waals surface area contributed by atoms with Crippen molar-refractivity contribution in [2.45, 2.75) is 38.6 Å². The van der Waals surface area contributed by atoms with Gasteiger partial charge in [0.2, 0.25) is 11.9 Å². The lowest BCUT2D eigenvalue weighted by molar-refractivity contribution is -0.140. The van der Waals surface area contributed by atoms with Gasteiger partial charge >= 0.3 is 24.7 Å². The van der Waals surface area contributed by atoms with Crippen LogP contribution in [-0.2, 0) is 24.7 Å². The maximum atomic E-state index is 13.7. The molecule has 0 fully saturated rings. The van der Waals surface area contributed by atoms with Gasteiger partial charge in [-0.05, 0) is 225 Å². The third-order valence-electron chi connectivity index (χ3n) is 16.9. The molecule has 0 saturated carbocycles. The minimum atomic E-state index is -4.67. The van der Waals surface area contributed by atoms with Crippen LogP contribution < -0.4 is 0 Å². The Kier molecular flexibility index (Phi) is 33.1. The zero-order valence-electron chi connectivity index (χ0n) is 65.0. The van der Waals surface area contributed by atoms with E-state index >= 15 is 0 Å². The number of rotatable bonds is 8. The molecule has 9 aromatic heterocycles. The van der Waals surface area contributed by atoms with Crippen LogP contribution in [-0.4, -0.2) is 44.9 Å². The average Bonchev–Trinajstić information content (AvgIpc) is 0.815. The molecule has 0 bridgehead atoms. The standard InChI is InChI=1S/2C13H10F3N.2C12H7F4N.C12H6F2N2.2C11H7F2N.C10H6F2N2/c1-9-8-10(13(14,15)16)5-6-11(9)12-4-2-3-7-17-12;1-9-6-10(12-4-2-3-5-17-12)8-11(7-9)13(14,15)16;2*13-10-7-8(11-3-1-2-6-17-11)4-5-9(10)12(14,15)16;1-15-12-9(13)6-5-8(11(12)14)10-4-2-3-7-16-10;12-8-4-5-9(10(13)7-8)11-3-1-2-6-14-11;12-9-5-8(6-10(13)7-9)11-3-1-2-4-14-11;11-9-5-4-7(10(12)14-9)8-3-1-2-6-13-8/h2*2-8H,1H3;2*1-7H;2-7H;2*1-7H;1-6H. The van der Waals surface area contributed by atoms with E-state index in [0.29, 0.717) is 84.5 Å². The van der Waals surface area contributed by atoms with Gasteiger partial charge in [-0.25, -0.2) is 40.0 Å². The summed E-state index contributed by atoms with van der Waals surface area (Å²) in [5.41, 5.74) is 3.64. The van der Waals surface area contributed by atoms with Gasteiger partial charge in [-0.3, -0.25) is 39.9 Å². The quantitative estimate of drug-likeness (QED) is 0.0832. The van der Waals surface area contributed by atoms with Crippen LogP contribution in [0.2, 0.25) is 0 Å². The molecule has 32 heteroatoms. The largest absolute Gasteiger partial charge is 0.419 e. The second kappa shape index (κ2) is 44.1. The topological polar surface area (TPSA) is 120 Å². The van der Waals surface area contributed by atoms with Gasteiger partial charge in [0.05, 0.1) is 79.9 Å². The molecule has 640 valence electrons. The fourth-order valence-corrected chi connectivity index (χ4v) is 11.1. The number of halogens is 22. The van der Waals surface area contributed by atoms with Crippen molar-refractivity contribution in [1.82, 2.24) is 44.9 Å². The maximum absolute atomic E-state index is 13.7. The zero-order chi connectivity index (χ0) is 91.3. The molecule has 10 nitrogen and oxygen atoms in total. The first kappa shape index (κ1) is 94.7. The van der Waals surface area contributed by atoms with Crippen LogP contribution in [0, 0.1) is 78.9 Å². The van der Waals surface area contributed by atoms with Crippen molar-refractivity contribution in [1.29, 1.82) is 0 Å². The van der Waals surface area contributed by atoms with E-state index in [-0.39, 0.29) is 11.1 Å². The van der Waals surface area contributed by atoms with E-state index in [0.717, 1.165) is 78.4 Å². The van der Waals surface area contributed by atoms with Crippen molar-refractivity contribution in [3.05, 3.63) is 432 Å². The summed E-state index contributed by atoms with van der Waals surface area (Å²) in [4.78, 5) is 37.8. The van der Waals surface area contributed by atoms with Gasteiger partial charge in [0.15, 0.2) is 0 Å². The van der Waals surface area contributed by atoms with Crippen LogP contribution in [0.15, 0.2) is 329 Å². The fraction of sp³-hybridized carbons (Fsp3) is 0.0638. The second-order valence-corrected chi connectivity index (χ2v) is 25.8. The Bertz CT molecular complexity index is 6040. The van der Waals surface area contributed by atoms with Crippen molar-refractivity contribution in [2.24, 2.45) is 0 Å². The molecule has 0 saturated heterocycles. The number of aromatic nitrogens is 9. The molecule has 16 aromatic rings. The van der Waals surface area contributed by atoms with E-state index in [1.54, 1.807) is 190 Å². The molecule has 0 radical (unpaired) electrons. The highest BCUT2D eigenvalue weighted by molar-refractivity contribution is 5.69. The highest BCUT2D eigenvalue weighted by Gasteiger charge is 2.36. The van der Waals surface area contributed by atoms with E-state index < -0.39 is 111 Å². The lowest BCUT2D eigenvalue weighted by Gasteiger charge is -2.10. The zero-order valence-corrected chi connectivity index (χ0v) is 65.0. The monoisotopic (exact) mass is 1750 g/mol. The predicted molar refractivity (Wildman–Crippen MR) is 431 cm³/mol. The van der Waals surface area contributed by atoms with Gasteiger partial charge in [-0.15, -0.1) is 0 Å². The molecule has 0 spiro atoms. The molecule has 0 N–H and O–H groups in total. The fourth-order valence-electron chi connectivity index (χ4n) is 11.1. The summed E-state index contributed by atoms with van der Waals surface area (Å²) in [6.45, 7) is 10.0. The molecule has 9 heterocycles. The minimum absolute atomic E-state index is 0.132. The molecule has 0 atom stereocenters. The Morgan fingerprint density at radius 3 is 0.992 bits per heavy atom. The van der Waals surface area contributed by atoms with Gasteiger partial charge in [0.25, 0.3) is 5.69 Å².